The minimum Gasteiger partial charge on any atom is -0.456 e. The summed E-state index contributed by atoms with van der Waals surface area (Å²) in [5, 5.41) is 8.18. The lowest BCUT2D eigenvalue weighted by Crippen LogP contribution is -1.94. The van der Waals surface area contributed by atoms with Crippen LogP contribution in [0.15, 0.2) is 174 Å². The third-order valence-corrected chi connectivity index (χ3v) is 11.5. The van der Waals surface area contributed by atoms with Crippen molar-refractivity contribution in [2.75, 3.05) is 0 Å². The highest BCUT2D eigenvalue weighted by Gasteiger charge is 2.20. The van der Waals surface area contributed by atoms with Crippen molar-refractivity contribution in [1.29, 1.82) is 0 Å². The van der Waals surface area contributed by atoms with Gasteiger partial charge in [-0.1, -0.05) is 140 Å². The van der Waals surface area contributed by atoms with Crippen molar-refractivity contribution in [3.8, 4) is 44.9 Å². The molecule has 0 amide bonds. The van der Waals surface area contributed by atoms with Crippen molar-refractivity contribution >= 4 is 75.1 Å². The molecule has 11 rings (SSSR count). The Kier molecular flexibility index (Phi) is 6.42. The molecule has 0 saturated heterocycles. The van der Waals surface area contributed by atoms with E-state index < -0.39 is 0 Å². The molecule has 0 aliphatic heterocycles. The molecule has 0 atom stereocenters. The molecule has 0 spiro atoms. The van der Waals surface area contributed by atoms with Crippen LogP contribution in [0, 0.1) is 0 Å². The normalized spacial score (nSPS) is 11.8. The van der Waals surface area contributed by atoms with E-state index in [4.69, 9.17) is 14.4 Å². The molecule has 0 unspecified atom stereocenters. The zero-order chi connectivity index (χ0) is 34.2. The standard InChI is InChI=1S/C48H28N2OS/c1-2-11-29(12-3-1)30-21-23-31(24-22-30)45-47-46(37-17-8-9-20-43(37)52-47)50-48(49-45)38-18-10-19-42-44(38)40-28-33(25-26-41(40)51-42)39-27-32-13-4-5-14-34(32)35-15-6-7-16-36(35)39/h1-28H. The topological polar surface area (TPSA) is 38.9 Å². The van der Waals surface area contributed by atoms with Crippen LogP contribution in [0.3, 0.4) is 0 Å². The second-order valence-electron chi connectivity index (χ2n) is 13.3. The molecule has 0 fully saturated rings. The molecule has 3 heterocycles. The third kappa shape index (κ3) is 4.51. The first kappa shape index (κ1) is 29.1. The first-order valence-electron chi connectivity index (χ1n) is 17.5. The van der Waals surface area contributed by atoms with Gasteiger partial charge in [-0.3, -0.25) is 0 Å². The van der Waals surface area contributed by atoms with E-state index in [-0.39, 0.29) is 0 Å². The van der Waals surface area contributed by atoms with Crippen LogP contribution in [-0.2, 0) is 0 Å². The largest absolute Gasteiger partial charge is 0.456 e. The van der Waals surface area contributed by atoms with Crippen LogP contribution >= 0.6 is 11.3 Å². The summed E-state index contributed by atoms with van der Waals surface area (Å²) in [5.74, 6) is 0.688. The van der Waals surface area contributed by atoms with E-state index in [0.29, 0.717) is 5.82 Å². The molecule has 0 aliphatic carbocycles. The average molecular weight is 681 g/mol. The summed E-state index contributed by atoms with van der Waals surface area (Å²) in [6, 6.07) is 60.2. The van der Waals surface area contributed by atoms with Crippen molar-refractivity contribution in [2.45, 2.75) is 0 Å². The Morgan fingerprint density at radius 2 is 1.12 bits per heavy atom. The predicted molar refractivity (Wildman–Crippen MR) is 219 cm³/mol. The fourth-order valence-corrected chi connectivity index (χ4v) is 8.99. The fraction of sp³-hybridized carbons (Fsp3) is 0. The lowest BCUT2D eigenvalue weighted by Gasteiger charge is -2.11. The van der Waals surface area contributed by atoms with E-state index in [2.05, 4.69) is 158 Å². The van der Waals surface area contributed by atoms with Crippen LogP contribution in [0.1, 0.15) is 0 Å². The smallest absolute Gasteiger partial charge is 0.161 e. The lowest BCUT2D eigenvalue weighted by atomic mass is 9.92. The van der Waals surface area contributed by atoms with Gasteiger partial charge in [0.1, 0.15) is 11.2 Å². The number of furan rings is 1. The maximum atomic E-state index is 6.52. The minimum absolute atomic E-state index is 0.688. The Labute approximate surface area is 303 Å². The van der Waals surface area contributed by atoms with Crippen LogP contribution < -0.4 is 0 Å². The number of aromatic nitrogens is 2. The average Bonchev–Trinajstić information content (AvgIpc) is 3.79. The van der Waals surface area contributed by atoms with Gasteiger partial charge in [0.25, 0.3) is 0 Å². The molecular formula is C48H28N2OS. The number of hydrogen-bond donors (Lipinski definition) is 0. The van der Waals surface area contributed by atoms with Gasteiger partial charge < -0.3 is 4.42 Å². The molecule has 0 aliphatic rings. The van der Waals surface area contributed by atoms with Crippen LogP contribution in [0.4, 0.5) is 0 Å². The Balaban J connectivity index is 1.14. The molecular weight excluding hydrogens is 653 g/mol. The van der Waals surface area contributed by atoms with Crippen molar-refractivity contribution < 1.29 is 4.42 Å². The van der Waals surface area contributed by atoms with Gasteiger partial charge in [-0.25, -0.2) is 9.97 Å². The van der Waals surface area contributed by atoms with E-state index >= 15 is 0 Å². The van der Waals surface area contributed by atoms with E-state index in [1.807, 2.05) is 12.1 Å². The molecule has 242 valence electrons. The minimum atomic E-state index is 0.688. The number of thiophene rings is 1. The first-order valence-corrected chi connectivity index (χ1v) is 18.3. The monoisotopic (exact) mass is 680 g/mol. The summed E-state index contributed by atoms with van der Waals surface area (Å²) in [7, 11) is 0. The molecule has 4 heteroatoms. The van der Waals surface area contributed by atoms with E-state index in [1.54, 1.807) is 11.3 Å². The van der Waals surface area contributed by atoms with Crippen LogP contribution in [0.25, 0.3) is 109 Å². The molecule has 0 saturated carbocycles. The number of hydrogen-bond acceptors (Lipinski definition) is 4. The molecule has 0 N–H and O–H groups in total. The quantitative estimate of drug-likeness (QED) is 0.174. The lowest BCUT2D eigenvalue weighted by molar-refractivity contribution is 0.669. The van der Waals surface area contributed by atoms with Gasteiger partial charge in [0.2, 0.25) is 0 Å². The molecule has 11 aromatic rings. The highest BCUT2D eigenvalue weighted by Crippen LogP contribution is 2.43. The molecule has 8 aromatic carbocycles. The van der Waals surface area contributed by atoms with E-state index in [0.717, 1.165) is 59.9 Å². The van der Waals surface area contributed by atoms with Gasteiger partial charge in [-0.2, -0.15) is 0 Å². The highest BCUT2D eigenvalue weighted by atomic mass is 32.1. The number of rotatable bonds is 4. The number of nitrogens with zero attached hydrogens (tertiary/aromatic N) is 2. The van der Waals surface area contributed by atoms with E-state index in [1.165, 1.54) is 42.9 Å². The summed E-state index contributed by atoms with van der Waals surface area (Å²) in [6.07, 6.45) is 0. The Hall–Kier alpha value is -6.62. The van der Waals surface area contributed by atoms with Gasteiger partial charge in [0.15, 0.2) is 5.82 Å². The van der Waals surface area contributed by atoms with Crippen LogP contribution in [-0.4, -0.2) is 9.97 Å². The Bertz CT molecular complexity index is 3180. The zero-order valence-corrected chi connectivity index (χ0v) is 28.7. The maximum absolute atomic E-state index is 6.52. The fourth-order valence-electron chi connectivity index (χ4n) is 7.83. The number of benzene rings is 8. The Morgan fingerprint density at radius 1 is 0.423 bits per heavy atom. The summed E-state index contributed by atoms with van der Waals surface area (Å²) in [4.78, 5) is 10.7. The SMILES string of the molecule is c1ccc(-c2ccc(-c3nc(-c4cccc5oc6ccc(-c7cc8ccccc8c8ccccc78)cc6c45)nc4c3sc3ccccc34)cc2)cc1. The van der Waals surface area contributed by atoms with Gasteiger partial charge in [0.05, 0.1) is 15.9 Å². The second kappa shape index (κ2) is 11.5. The van der Waals surface area contributed by atoms with E-state index in [9.17, 15) is 0 Å². The van der Waals surface area contributed by atoms with Gasteiger partial charge in [-0.15, -0.1) is 11.3 Å². The van der Waals surface area contributed by atoms with Gasteiger partial charge in [0, 0.05) is 32.0 Å². The number of fused-ring (bicyclic) bond motifs is 9. The zero-order valence-electron chi connectivity index (χ0n) is 27.9. The molecule has 0 bridgehead atoms. The van der Waals surface area contributed by atoms with Gasteiger partial charge >= 0.3 is 0 Å². The first-order chi connectivity index (χ1) is 25.8. The summed E-state index contributed by atoms with van der Waals surface area (Å²) in [5.41, 5.74) is 10.3. The summed E-state index contributed by atoms with van der Waals surface area (Å²) < 4.78 is 8.81. The third-order valence-electron chi connectivity index (χ3n) is 10.3. The van der Waals surface area contributed by atoms with Crippen molar-refractivity contribution in [1.82, 2.24) is 9.97 Å². The summed E-state index contributed by atoms with van der Waals surface area (Å²) >= 11 is 1.75. The van der Waals surface area contributed by atoms with Crippen molar-refractivity contribution in [3.63, 3.8) is 0 Å². The highest BCUT2D eigenvalue weighted by molar-refractivity contribution is 7.26. The van der Waals surface area contributed by atoms with Crippen LogP contribution in [0.5, 0.6) is 0 Å². The maximum Gasteiger partial charge on any atom is 0.161 e. The molecule has 52 heavy (non-hydrogen) atoms. The molecule has 0 radical (unpaired) electrons. The Morgan fingerprint density at radius 3 is 1.98 bits per heavy atom. The predicted octanol–water partition coefficient (Wildman–Crippen LogP) is 13.7. The second-order valence-corrected chi connectivity index (χ2v) is 14.3. The van der Waals surface area contributed by atoms with Gasteiger partial charge in [-0.05, 0) is 74.1 Å². The van der Waals surface area contributed by atoms with Crippen LogP contribution in [0.2, 0.25) is 0 Å². The molecule has 3 nitrogen and oxygen atoms in total. The van der Waals surface area contributed by atoms with Crippen molar-refractivity contribution in [3.05, 3.63) is 170 Å². The summed E-state index contributed by atoms with van der Waals surface area (Å²) in [6.45, 7) is 0. The van der Waals surface area contributed by atoms with Crippen molar-refractivity contribution in [2.24, 2.45) is 0 Å². The molecule has 3 aromatic heterocycles.